The number of fused-ring (bicyclic) bond motifs is 3. The summed E-state index contributed by atoms with van der Waals surface area (Å²) in [5, 5.41) is 6.55. The lowest BCUT2D eigenvalue weighted by atomic mass is 10.1. The SMILES string of the molecule is O=C1Cc2cnc(Nc3ccncc3)nc2-c2ccc(Cl)cc2N1. The largest absolute Gasteiger partial charge is 0.325 e. The van der Waals surface area contributed by atoms with Crippen LogP contribution in [0.1, 0.15) is 5.56 Å². The predicted molar refractivity (Wildman–Crippen MR) is 92.3 cm³/mol. The number of halogens is 1. The molecule has 0 radical (unpaired) electrons. The van der Waals surface area contributed by atoms with Crippen molar-refractivity contribution >= 4 is 34.8 Å². The number of anilines is 3. The zero-order valence-corrected chi connectivity index (χ0v) is 13.2. The van der Waals surface area contributed by atoms with Crippen molar-refractivity contribution in [2.45, 2.75) is 6.42 Å². The first-order chi connectivity index (χ1) is 11.7. The molecule has 24 heavy (non-hydrogen) atoms. The molecule has 1 aliphatic rings. The molecule has 0 spiro atoms. The third-order valence-electron chi connectivity index (χ3n) is 3.66. The van der Waals surface area contributed by atoms with Crippen molar-refractivity contribution in [3.8, 4) is 11.3 Å². The second kappa shape index (κ2) is 5.90. The van der Waals surface area contributed by atoms with Crippen LogP contribution in [0, 0.1) is 0 Å². The fourth-order valence-corrected chi connectivity index (χ4v) is 2.76. The Kier molecular flexibility index (Phi) is 3.59. The minimum absolute atomic E-state index is 0.115. The van der Waals surface area contributed by atoms with Crippen LogP contribution in [0.15, 0.2) is 48.9 Å². The fourth-order valence-electron chi connectivity index (χ4n) is 2.59. The maximum Gasteiger partial charge on any atom is 0.228 e. The van der Waals surface area contributed by atoms with Crippen LogP contribution in [0.5, 0.6) is 0 Å². The molecule has 3 aromatic rings. The molecule has 0 aliphatic carbocycles. The average molecular weight is 338 g/mol. The van der Waals surface area contributed by atoms with E-state index in [9.17, 15) is 4.79 Å². The summed E-state index contributed by atoms with van der Waals surface area (Å²) in [5.74, 6) is 0.339. The van der Waals surface area contributed by atoms with Gasteiger partial charge in [-0.25, -0.2) is 9.97 Å². The first-order valence-corrected chi connectivity index (χ1v) is 7.69. The van der Waals surface area contributed by atoms with Gasteiger partial charge in [0.05, 0.1) is 17.8 Å². The van der Waals surface area contributed by atoms with Crippen molar-refractivity contribution in [2.75, 3.05) is 10.6 Å². The number of hydrogen-bond acceptors (Lipinski definition) is 5. The summed E-state index contributed by atoms with van der Waals surface area (Å²) in [6.45, 7) is 0. The molecule has 7 heteroatoms. The number of carbonyl (C=O) groups excluding carboxylic acids is 1. The van der Waals surface area contributed by atoms with Gasteiger partial charge in [0.15, 0.2) is 0 Å². The van der Waals surface area contributed by atoms with Gasteiger partial charge in [0.25, 0.3) is 0 Å². The number of hydrogen-bond donors (Lipinski definition) is 2. The van der Waals surface area contributed by atoms with Crippen molar-refractivity contribution in [3.63, 3.8) is 0 Å². The highest BCUT2D eigenvalue weighted by molar-refractivity contribution is 6.31. The molecule has 0 saturated heterocycles. The summed E-state index contributed by atoms with van der Waals surface area (Å²) in [5.41, 5.74) is 3.80. The van der Waals surface area contributed by atoms with Gasteiger partial charge in [0.1, 0.15) is 0 Å². The predicted octanol–water partition coefficient (Wildman–Crippen LogP) is 3.43. The van der Waals surface area contributed by atoms with Crippen LogP contribution in [-0.2, 0) is 11.2 Å². The van der Waals surface area contributed by atoms with Crippen molar-refractivity contribution in [2.24, 2.45) is 0 Å². The molecule has 6 nitrogen and oxygen atoms in total. The fraction of sp³-hybridized carbons (Fsp3) is 0.0588. The second-order valence-electron chi connectivity index (χ2n) is 5.34. The summed E-state index contributed by atoms with van der Waals surface area (Å²) in [4.78, 5) is 24.9. The Labute approximate surface area is 142 Å². The Balaban J connectivity index is 1.80. The molecule has 2 aromatic heterocycles. The van der Waals surface area contributed by atoms with E-state index in [2.05, 4.69) is 25.6 Å². The van der Waals surface area contributed by atoms with Crippen molar-refractivity contribution < 1.29 is 4.79 Å². The molecule has 0 bridgehead atoms. The number of amides is 1. The van der Waals surface area contributed by atoms with E-state index >= 15 is 0 Å². The van der Waals surface area contributed by atoms with Gasteiger partial charge < -0.3 is 10.6 Å². The molecule has 0 unspecified atom stereocenters. The van der Waals surface area contributed by atoms with Crippen LogP contribution in [0.4, 0.5) is 17.3 Å². The number of benzene rings is 1. The Bertz CT molecular complexity index is 930. The summed E-state index contributed by atoms with van der Waals surface area (Å²) in [7, 11) is 0. The average Bonchev–Trinajstić information content (AvgIpc) is 2.70. The molecule has 118 valence electrons. The number of nitrogens with zero attached hydrogens (tertiary/aromatic N) is 3. The standard InChI is InChI=1S/C17H12ClN5O/c18-11-1-2-13-14(8-11)22-15(24)7-10-9-20-17(23-16(10)13)21-12-3-5-19-6-4-12/h1-6,8-9H,7H2,(H,22,24)(H,19,20,21,23). The number of nitrogens with one attached hydrogen (secondary N) is 2. The van der Waals surface area contributed by atoms with E-state index < -0.39 is 0 Å². The summed E-state index contributed by atoms with van der Waals surface area (Å²) in [6.07, 6.45) is 5.27. The first-order valence-electron chi connectivity index (χ1n) is 7.32. The monoisotopic (exact) mass is 337 g/mol. The van der Waals surface area contributed by atoms with E-state index in [0.29, 0.717) is 22.4 Å². The van der Waals surface area contributed by atoms with E-state index in [4.69, 9.17) is 11.6 Å². The number of rotatable bonds is 2. The molecule has 0 saturated carbocycles. The van der Waals surface area contributed by atoms with Gasteiger partial charge in [0.2, 0.25) is 11.9 Å². The lowest BCUT2D eigenvalue weighted by Crippen LogP contribution is -2.12. The van der Waals surface area contributed by atoms with Gasteiger partial charge in [0, 0.05) is 40.4 Å². The van der Waals surface area contributed by atoms with Gasteiger partial charge in [-0.3, -0.25) is 9.78 Å². The summed E-state index contributed by atoms with van der Waals surface area (Å²) >= 11 is 6.04. The number of carbonyl (C=O) groups is 1. The van der Waals surface area contributed by atoms with Crippen LogP contribution >= 0.6 is 11.6 Å². The molecule has 0 fully saturated rings. The molecule has 3 heterocycles. The summed E-state index contributed by atoms with van der Waals surface area (Å²) < 4.78 is 0. The third kappa shape index (κ3) is 2.79. The maximum atomic E-state index is 12.1. The lowest BCUT2D eigenvalue weighted by molar-refractivity contribution is -0.115. The minimum Gasteiger partial charge on any atom is -0.325 e. The number of pyridine rings is 1. The molecule has 1 aromatic carbocycles. The van der Waals surface area contributed by atoms with Crippen LogP contribution in [0.2, 0.25) is 5.02 Å². The maximum absolute atomic E-state index is 12.1. The van der Waals surface area contributed by atoms with Crippen molar-refractivity contribution in [1.82, 2.24) is 15.0 Å². The van der Waals surface area contributed by atoms with E-state index in [-0.39, 0.29) is 12.3 Å². The highest BCUT2D eigenvalue weighted by Crippen LogP contribution is 2.34. The highest BCUT2D eigenvalue weighted by Gasteiger charge is 2.21. The summed E-state index contributed by atoms with van der Waals surface area (Å²) in [6, 6.07) is 9.01. The topological polar surface area (TPSA) is 79.8 Å². The van der Waals surface area contributed by atoms with Gasteiger partial charge in [-0.2, -0.15) is 0 Å². The normalized spacial score (nSPS) is 12.6. The Morgan fingerprint density at radius 1 is 1.17 bits per heavy atom. The minimum atomic E-state index is -0.115. The molecule has 4 rings (SSSR count). The molecule has 0 atom stereocenters. The van der Waals surface area contributed by atoms with Crippen LogP contribution in [0.3, 0.4) is 0 Å². The molecular formula is C17H12ClN5O. The Morgan fingerprint density at radius 2 is 2.00 bits per heavy atom. The van der Waals surface area contributed by atoms with Crippen LogP contribution in [0.25, 0.3) is 11.3 Å². The molecular weight excluding hydrogens is 326 g/mol. The van der Waals surface area contributed by atoms with Crippen LogP contribution in [-0.4, -0.2) is 20.9 Å². The molecule has 1 amide bonds. The third-order valence-corrected chi connectivity index (χ3v) is 3.90. The number of aromatic nitrogens is 3. The first kappa shape index (κ1) is 14.6. The van der Waals surface area contributed by atoms with E-state index in [0.717, 1.165) is 16.8 Å². The molecule has 1 aliphatic heterocycles. The van der Waals surface area contributed by atoms with E-state index in [1.54, 1.807) is 30.7 Å². The Morgan fingerprint density at radius 3 is 2.83 bits per heavy atom. The zero-order chi connectivity index (χ0) is 16.5. The van der Waals surface area contributed by atoms with E-state index in [1.165, 1.54) is 0 Å². The quantitative estimate of drug-likeness (QED) is 0.749. The lowest BCUT2D eigenvalue weighted by Gasteiger charge is -2.10. The van der Waals surface area contributed by atoms with Crippen LogP contribution < -0.4 is 10.6 Å². The second-order valence-corrected chi connectivity index (χ2v) is 5.78. The van der Waals surface area contributed by atoms with E-state index in [1.807, 2.05) is 18.2 Å². The Hall–Kier alpha value is -2.99. The highest BCUT2D eigenvalue weighted by atomic mass is 35.5. The van der Waals surface area contributed by atoms with Gasteiger partial charge in [-0.15, -0.1) is 0 Å². The van der Waals surface area contributed by atoms with Crippen molar-refractivity contribution in [1.29, 1.82) is 0 Å². The van der Waals surface area contributed by atoms with Gasteiger partial charge in [-0.1, -0.05) is 11.6 Å². The molecule has 2 N–H and O–H groups in total. The smallest absolute Gasteiger partial charge is 0.228 e. The van der Waals surface area contributed by atoms with Gasteiger partial charge >= 0.3 is 0 Å². The van der Waals surface area contributed by atoms with Gasteiger partial charge in [-0.05, 0) is 30.3 Å². The van der Waals surface area contributed by atoms with Crippen molar-refractivity contribution in [3.05, 3.63) is 59.5 Å². The zero-order valence-electron chi connectivity index (χ0n) is 12.5.